The summed E-state index contributed by atoms with van der Waals surface area (Å²) in [5, 5.41) is 13.3. The van der Waals surface area contributed by atoms with E-state index in [-0.39, 0.29) is 5.92 Å². The second-order valence-electron chi connectivity index (χ2n) is 6.34. The third kappa shape index (κ3) is 2.81. The van der Waals surface area contributed by atoms with Crippen LogP contribution in [0.1, 0.15) is 41.1 Å². The van der Waals surface area contributed by atoms with E-state index in [4.69, 9.17) is 4.98 Å². The highest BCUT2D eigenvalue weighted by Gasteiger charge is 2.31. The van der Waals surface area contributed by atoms with Crippen LogP contribution < -0.4 is 5.32 Å². The number of nitrogens with one attached hydrogen (secondary N) is 1. The zero-order valence-electron chi connectivity index (χ0n) is 12.8. The van der Waals surface area contributed by atoms with Crippen molar-refractivity contribution in [3.8, 4) is 5.75 Å². The summed E-state index contributed by atoms with van der Waals surface area (Å²) in [5.41, 5.74) is 4.70. The summed E-state index contributed by atoms with van der Waals surface area (Å²) >= 11 is 3.53. The van der Waals surface area contributed by atoms with Gasteiger partial charge in [0.2, 0.25) is 0 Å². The molecule has 3 nitrogen and oxygen atoms in total. The van der Waals surface area contributed by atoms with Crippen LogP contribution in [0, 0.1) is 5.92 Å². The fourth-order valence-electron chi connectivity index (χ4n) is 3.83. The number of phenolic OH excluding ortho intramolecular Hbond substituents is 1. The predicted molar refractivity (Wildman–Crippen MR) is 96.4 cm³/mol. The molecule has 1 fully saturated rings. The Labute approximate surface area is 144 Å². The molecule has 0 radical (unpaired) electrons. The van der Waals surface area contributed by atoms with E-state index >= 15 is 0 Å². The minimum absolute atomic E-state index is 0.283. The lowest BCUT2D eigenvalue weighted by atomic mass is 9.76. The van der Waals surface area contributed by atoms with Gasteiger partial charge in [0.25, 0.3) is 0 Å². The smallest absolute Gasteiger partial charge is 0.116 e. The molecule has 0 spiro atoms. The third-order valence-electron chi connectivity index (χ3n) is 4.91. The van der Waals surface area contributed by atoms with Gasteiger partial charge in [-0.05, 0) is 82.7 Å². The number of hydrogen-bond acceptors (Lipinski definition) is 3. The molecule has 2 aliphatic rings. The number of nitrogens with zero attached hydrogens (tertiary/aromatic N) is 1. The number of fused-ring (bicyclic) bond motifs is 2. The van der Waals surface area contributed by atoms with E-state index < -0.39 is 0 Å². The van der Waals surface area contributed by atoms with Crippen molar-refractivity contribution in [2.45, 2.75) is 18.8 Å². The Kier molecular flexibility index (Phi) is 3.95. The maximum Gasteiger partial charge on any atom is 0.116 e. The number of benzene rings is 1. The van der Waals surface area contributed by atoms with E-state index in [0.29, 0.717) is 11.7 Å². The number of aromatic nitrogens is 1. The third-order valence-corrected chi connectivity index (χ3v) is 5.35. The summed E-state index contributed by atoms with van der Waals surface area (Å²) in [4.78, 5) is 4.78. The van der Waals surface area contributed by atoms with Gasteiger partial charge in [-0.3, -0.25) is 4.98 Å². The number of rotatable bonds is 1. The summed E-state index contributed by atoms with van der Waals surface area (Å²) in [5.74, 6) is 1.18. The van der Waals surface area contributed by atoms with Crippen LogP contribution in [0.25, 0.3) is 12.2 Å². The molecule has 1 aromatic heterocycles. The largest absolute Gasteiger partial charge is 0.508 e. The number of pyridine rings is 1. The first-order chi connectivity index (χ1) is 11.2. The number of hydrogen-bond donors (Lipinski definition) is 2. The molecular weight excluding hydrogens is 352 g/mol. The van der Waals surface area contributed by atoms with Gasteiger partial charge in [0.15, 0.2) is 0 Å². The van der Waals surface area contributed by atoms with Crippen molar-refractivity contribution in [1.29, 1.82) is 0 Å². The van der Waals surface area contributed by atoms with Gasteiger partial charge in [-0.2, -0.15) is 0 Å². The molecule has 2 aromatic rings. The molecule has 4 heteroatoms. The van der Waals surface area contributed by atoms with Crippen molar-refractivity contribution in [2.75, 3.05) is 13.1 Å². The highest BCUT2D eigenvalue weighted by atomic mass is 79.9. The Morgan fingerprint density at radius 3 is 2.70 bits per heavy atom. The number of piperidine rings is 1. The predicted octanol–water partition coefficient (Wildman–Crippen LogP) is 4.17. The molecule has 23 heavy (non-hydrogen) atoms. The average molecular weight is 371 g/mol. The van der Waals surface area contributed by atoms with E-state index in [1.165, 1.54) is 11.1 Å². The number of phenols is 1. The molecule has 118 valence electrons. The van der Waals surface area contributed by atoms with Crippen molar-refractivity contribution in [3.05, 3.63) is 57.3 Å². The molecule has 1 aliphatic heterocycles. The molecule has 1 aliphatic carbocycles. The van der Waals surface area contributed by atoms with Crippen molar-refractivity contribution >= 4 is 28.1 Å². The van der Waals surface area contributed by atoms with Crippen LogP contribution in [-0.2, 0) is 0 Å². The summed E-state index contributed by atoms with van der Waals surface area (Å²) in [6.45, 7) is 2.13. The monoisotopic (exact) mass is 370 g/mol. The summed E-state index contributed by atoms with van der Waals surface area (Å²) in [6, 6.07) is 7.87. The van der Waals surface area contributed by atoms with E-state index in [0.717, 1.165) is 41.7 Å². The molecule has 1 atom stereocenters. The van der Waals surface area contributed by atoms with Crippen LogP contribution in [0.2, 0.25) is 0 Å². The van der Waals surface area contributed by atoms with Crippen molar-refractivity contribution < 1.29 is 5.11 Å². The molecule has 1 unspecified atom stereocenters. The molecule has 2 N–H and O–H groups in total. The summed E-state index contributed by atoms with van der Waals surface area (Å²) in [7, 11) is 0. The average Bonchev–Trinajstić information content (AvgIpc) is 2.72. The molecule has 0 amide bonds. The number of aromatic hydroxyl groups is 1. The minimum atomic E-state index is 0.283. The molecule has 0 bridgehead atoms. The van der Waals surface area contributed by atoms with E-state index in [1.54, 1.807) is 6.07 Å². The van der Waals surface area contributed by atoms with Crippen LogP contribution in [-0.4, -0.2) is 23.2 Å². The van der Waals surface area contributed by atoms with E-state index in [2.05, 4.69) is 45.5 Å². The summed E-state index contributed by atoms with van der Waals surface area (Å²) in [6.07, 6.45) is 8.42. The van der Waals surface area contributed by atoms with Gasteiger partial charge >= 0.3 is 0 Å². The van der Waals surface area contributed by atoms with Crippen LogP contribution in [0.15, 0.2) is 34.9 Å². The Bertz CT molecular complexity index is 710. The second kappa shape index (κ2) is 6.10. The number of halogens is 1. The van der Waals surface area contributed by atoms with Crippen molar-refractivity contribution in [1.82, 2.24) is 10.3 Å². The minimum Gasteiger partial charge on any atom is -0.508 e. The van der Waals surface area contributed by atoms with Crippen LogP contribution in [0.4, 0.5) is 0 Å². The Hall–Kier alpha value is -1.65. The van der Waals surface area contributed by atoms with Gasteiger partial charge in [0.05, 0.1) is 5.69 Å². The molecule has 1 saturated heterocycles. The van der Waals surface area contributed by atoms with Crippen molar-refractivity contribution in [3.63, 3.8) is 0 Å². The van der Waals surface area contributed by atoms with Crippen LogP contribution in [0.3, 0.4) is 0 Å². The first-order valence-electron chi connectivity index (χ1n) is 8.09. The van der Waals surface area contributed by atoms with Gasteiger partial charge < -0.3 is 10.4 Å². The first-order valence-corrected chi connectivity index (χ1v) is 8.89. The SMILES string of the molecule is Oc1ccc2c(c1)C=Cc1cc(Br)cnc1C2C1CCNCC1. The molecule has 2 heterocycles. The maximum absolute atomic E-state index is 9.87. The van der Waals surface area contributed by atoms with Gasteiger partial charge in [0, 0.05) is 16.6 Å². The second-order valence-corrected chi connectivity index (χ2v) is 7.26. The lowest BCUT2D eigenvalue weighted by Crippen LogP contribution is -2.31. The van der Waals surface area contributed by atoms with Gasteiger partial charge in [-0.15, -0.1) is 0 Å². The Balaban J connectivity index is 1.90. The highest BCUT2D eigenvalue weighted by molar-refractivity contribution is 9.10. The molecule has 1 aromatic carbocycles. The lowest BCUT2D eigenvalue weighted by molar-refractivity contribution is 0.338. The van der Waals surface area contributed by atoms with Crippen LogP contribution >= 0.6 is 15.9 Å². The normalized spacial score (nSPS) is 20.7. The first kappa shape index (κ1) is 14.9. The van der Waals surface area contributed by atoms with Gasteiger partial charge in [-0.1, -0.05) is 18.2 Å². The zero-order chi connectivity index (χ0) is 15.8. The fraction of sp³-hybridized carbons (Fsp3) is 0.316. The Morgan fingerprint density at radius 2 is 1.87 bits per heavy atom. The summed E-state index contributed by atoms with van der Waals surface area (Å²) < 4.78 is 0.999. The maximum atomic E-state index is 9.87. The zero-order valence-corrected chi connectivity index (χ0v) is 14.4. The van der Waals surface area contributed by atoms with E-state index in [9.17, 15) is 5.11 Å². The quantitative estimate of drug-likeness (QED) is 0.791. The lowest BCUT2D eigenvalue weighted by Gasteiger charge is -2.32. The Morgan fingerprint density at radius 1 is 1.09 bits per heavy atom. The fourth-order valence-corrected chi connectivity index (χ4v) is 4.18. The molecule has 4 rings (SSSR count). The standard InChI is InChI=1S/C19H19BrN2O/c20-15-9-14-2-1-13-10-16(23)3-4-17(13)18(19(14)22-11-15)12-5-7-21-8-6-12/h1-4,9-12,18,21,23H,5-8H2. The van der Waals surface area contributed by atoms with Crippen molar-refractivity contribution in [2.24, 2.45) is 5.92 Å². The molecule has 0 saturated carbocycles. The topological polar surface area (TPSA) is 45.2 Å². The van der Waals surface area contributed by atoms with Crippen LogP contribution in [0.5, 0.6) is 5.75 Å². The van der Waals surface area contributed by atoms with Gasteiger partial charge in [-0.25, -0.2) is 0 Å². The van der Waals surface area contributed by atoms with Gasteiger partial charge in [0.1, 0.15) is 5.75 Å². The van der Waals surface area contributed by atoms with E-state index in [1.807, 2.05) is 12.3 Å². The molecular formula is C19H19BrN2O. The highest BCUT2D eigenvalue weighted by Crippen LogP contribution is 2.42.